The molecule has 1 aliphatic carbocycles. The first-order valence-corrected chi connectivity index (χ1v) is 13.6. The van der Waals surface area contributed by atoms with E-state index < -0.39 is 17.8 Å². The normalized spacial score (nSPS) is 20.1. The number of aliphatic imine (C=N–C) groups is 1. The minimum Gasteiger partial charge on any atom is -0.508 e. The number of allylic oxidation sites excluding steroid dienone is 2. The number of esters is 1. The van der Waals surface area contributed by atoms with Gasteiger partial charge in [-0.25, -0.2) is 0 Å². The van der Waals surface area contributed by atoms with Crippen LogP contribution in [-0.2, 0) is 14.3 Å². The first kappa shape index (κ1) is 28.0. The maximum absolute atomic E-state index is 13.8. The van der Waals surface area contributed by atoms with Gasteiger partial charge in [0.1, 0.15) is 30.6 Å². The Labute approximate surface area is 239 Å². The average molecular weight is 556 g/mol. The van der Waals surface area contributed by atoms with Gasteiger partial charge >= 0.3 is 5.97 Å². The third-order valence-corrected chi connectivity index (χ3v) is 7.59. The van der Waals surface area contributed by atoms with E-state index in [-0.39, 0.29) is 37.1 Å². The molecule has 0 aromatic heterocycles. The van der Waals surface area contributed by atoms with Gasteiger partial charge in [0.15, 0.2) is 17.3 Å². The average Bonchev–Trinajstić information content (AvgIpc) is 2.98. The van der Waals surface area contributed by atoms with E-state index in [9.17, 15) is 14.7 Å². The zero-order valence-electron chi connectivity index (χ0n) is 23.3. The van der Waals surface area contributed by atoms with Gasteiger partial charge in [0.25, 0.3) is 0 Å². The quantitative estimate of drug-likeness (QED) is 0.271. The van der Waals surface area contributed by atoms with E-state index in [0.717, 1.165) is 5.56 Å². The molecule has 1 unspecified atom stereocenters. The molecule has 0 fully saturated rings. The summed E-state index contributed by atoms with van der Waals surface area (Å²) in [6, 6.07) is 21.6. The number of para-hydroxylation sites is 1. The van der Waals surface area contributed by atoms with E-state index in [1.807, 2.05) is 54.6 Å². The molecule has 0 saturated heterocycles. The van der Waals surface area contributed by atoms with Crippen LogP contribution in [0.15, 0.2) is 89.1 Å². The number of carbonyl (C=O) groups is 2. The molecular formula is C33H33NO7. The van der Waals surface area contributed by atoms with Crippen LogP contribution in [0.3, 0.4) is 0 Å². The monoisotopic (exact) mass is 555 g/mol. The van der Waals surface area contributed by atoms with Crippen LogP contribution in [0.5, 0.6) is 23.0 Å². The molecule has 41 heavy (non-hydrogen) atoms. The summed E-state index contributed by atoms with van der Waals surface area (Å²) in [7, 11) is 3.16. The fraction of sp³-hybridized carbons (Fsp3) is 0.303. The van der Waals surface area contributed by atoms with Crippen molar-refractivity contribution in [1.29, 1.82) is 0 Å². The predicted octanol–water partition coefficient (Wildman–Crippen LogP) is 5.61. The molecule has 0 spiro atoms. The summed E-state index contributed by atoms with van der Waals surface area (Å²) < 4.78 is 22.2. The molecule has 0 saturated carbocycles. The summed E-state index contributed by atoms with van der Waals surface area (Å²) in [5, 5.41) is 10.3. The van der Waals surface area contributed by atoms with Crippen LogP contribution in [0, 0.1) is 5.92 Å². The van der Waals surface area contributed by atoms with Crippen molar-refractivity contribution in [2.75, 3.05) is 27.4 Å². The maximum Gasteiger partial charge on any atom is 0.315 e. The molecule has 8 nitrogen and oxygen atoms in total. The largest absolute Gasteiger partial charge is 0.508 e. The number of nitrogens with zero attached hydrogens (tertiary/aromatic N) is 1. The Bertz CT molecular complexity index is 1490. The Balaban J connectivity index is 1.42. The lowest BCUT2D eigenvalue weighted by molar-refractivity contribution is -0.147. The zero-order valence-corrected chi connectivity index (χ0v) is 23.3. The Hall–Kier alpha value is -4.59. The highest BCUT2D eigenvalue weighted by molar-refractivity contribution is 6.09. The van der Waals surface area contributed by atoms with E-state index in [1.165, 1.54) is 0 Å². The summed E-state index contributed by atoms with van der Waals surface area (Å²) in [5.74, 6) is -0.172. The van der Waals surface area contributed by atoms with Gasteiger partial charge in [-0.05, 0) is 66.8 Å². The summed E-state index contributed by atoms with van der Waals surface area (Å²) >= 11 is 0. The third-order valence-electron chi connectivity index (χ3n) is 7.59. The van der Waals surface area contributed by atoms with Gasteiger partial charge in [0.05, 0.1) is 14.2 Å². The molecule has 0 bridgehead atoms. The van der Waals surface area contributed by atoms with Gasteiger partial charge in [0, 0.05) is 29.3 Å². The number of phenols is 1. The van der Waals surface area contributed by atoms with E-state index in [1.54, 1.807) is 39.3 Å². The molecule has 0 radical (unpaired) electrons. The Morgan fingerprint density at radius 3 is 2.41 bits per heavy atom. The molecule has 1 aliphatic heterocycles. The van der Waals surface area contributed by atoms with Crippen LogP contribution in [0.1, 0.15) is 42.7 Å². The van der Waals surface area contributed by atoms with Crippen molar-refractivity contribution >= 4 is 17.5 Å². The second kappa shape index (κ2) is 12.3. The first-order valence-electron chi connectivity index (χ1n) is 13.6. The van der Waals surface area contributed by atoms with E-state index in [4.69, 9.17) is 23.9 Å². The standard InChI is InChI=1S/C33H33NO7/c1-20-30(33(37)41-15-14-40-25-10-5-4-6-11-25)31(22-8-7-9-24(35)16-22)32-26(34-20)17-23(18-27(32)36)21-12-13-28(38-2)29(19-21)39-3/h4-13,16,19,23,30-31,35H,14-15,17-18H2,1-3H3/t23-,30?,31+/m0/s1. The van der Waals surface area contributed by atoms with Crippen molar-refractivity contribution in [3.8, 4) is 23.0 Å². The van der Waals surface area contributed by atoms with Gasteiger partial charge in [-0.2, -0.15) is 0 Å². The fourth-order valence-electron chi connectivity index (χ4n) is 5.69. The molecule has 1 heterocycles. The number of hydrogen-bond donors (Lipinski definition) is 1. The fourth-order valence-corrected chi connectivity index (χ4v) is 5.69. The van der Waals surface area contributed by atoms with Crippen LogP contribution in [-0.4, -0.2) is 50.0 Å². The summed E-state index contributed by atoms with van der Waals surface area (Å²) in [4.78, 5) is 32.1. The van der Waals surface area contributed by atoms with Crippen molar-refractivity contribution in [2.24, 2.45) is 10.9 Å². The molecule has 1 N–H and O–H groups in total. The van der Waals surface area contributed by atoms with Crippen LogP contribution in [0.2, 0.25) is 0 Å². The van der Waals surface area contributed by atoms with Crippen molar-refractivity contribution < 1.29 is 33.6 Å². The van der Waals surface area contributed by atoms with Gasteiger partial charge in [-0.15, -0.1) is 0 Å². The van der Waals surface area contributed by atoms with Gasteiger partial charge in [-0.3, -0.25) is 14.6 Å². The van der Waals surface area contributed by atoms with Crippen molar-refractivity contribution in [3.05, 3.63) is 95.2 Å². The van der Waals surface area contributed by atoms with E-state index >= 15 is 0 Å². The molecule has 212 valence electrons. The second-order valence-electron chi connectivity index (χ2n) is 10.1. The summed E-state index contributed by atoms with van der Waals surface area (Å²) in [5.41, 5.74) is 3.33. The minimum atomic E-state index is -0.811. The number of carbonyl (C=O) groups excluding carboxylic acids is 2. The topological polar surface area (TPSA) is 104 Å². The molecule has 0 amide bonds. The van der Waals surface area contributed by atoms with Gasteiger partial charge < -0.3 is 24.1 Å². The smallest absolute Gasteiger partial charge is 0.315 e. The van der Waals surface area contributed by atoms with Crippen LogP contribution >= 0.6 is 0 Å². The Morgan fingerprint density at radius 1 is 0.902 bits per heavy atom. The van der Waals surface area contributed by atoms with Crippen molar-refractivity contribution in [1.82, 2.24) is 0 Å². The van der Waals surface area contributed by atoms with E-state index in [2.05, 4.69) is 0 Å². The Kier molecular flexibility index (Phi) is 8.38. The van der Waals surface area contributed by atoms with Gasteiger partial charge in [0.2, 0.25) is 0 Å². The lowest BCUT2D eigenvalue weighted by atomic mass is 9.69. The van der Waals surface area contributed by atoms with Crippen LogP contribution in [0.4, 0.5) is 0 Å². The third kappa shape index (κ3) is 5.96. The summed E-state index contributed by atoms with van der Waals surface area (Å²) in [6.45, 7) is 2.03. The highest BCUT2D eigenvalue weighted by Gasteiger charge is 2.45. The van der Waals surface area contributed by atoms with Crippen molar-refractivity contribution in [2.45, 2.75) is 31.6 Å². The number of rotatable bonds is 9. The number of aromatic hydroxyl groups is 1. The SMILES string of the molecule is COc1ccc([C@@H]2CC(=O)C3=C(C2)N=C(C)C(C(=O)OCCOc2ccccc2)[C@H]3c2cccc(O)c2)cc1OC. The highest BCUT2D eigenvalue weighted by Crippen LogP contribution is 2.47. The number of methoxy groups -OCH3 is 2. The minimum absolute atomic E-state index is 0.0471. The second-order valence-corrected chi connectivity index (χ2v) is 10.1. The van der Waals surface area contributed by atoms with Crippen molar-refractivity contribution in [3.63, 3.8) is 0 Å². The van der Waals surface area contributed by atoms with Crippen LogP contribution in [0.25, 0.3) is 0 Å². The predicted molar refractivity (Wildman–Crippen MR) is 154 cm³/mol. The molecule has 3 aromatic rings. The molecule has 5 rings (SSSR count). The molecular weight excluding hydrogens is 522 g/mol. The zero-order chi connectivity index (χ0) is 28.9. The number of ketones is 1. The van der Waals surface area contributed by atoms with Gasteiger partial charge in [-0.1, -0.05) is 36.4 Å². The molecule has 2 aliphatic rings. The number of Topliss-reactive ketones (excluding diaryl/α,β-unsaturated/α-hetero) is 1. The van der Waals surface area contributed by atoms with E-state index in [0.29, 0.717) is 46.2 Å². The molecule has 3 atom stereocenters. The number of hydrogen-bond acceptors (Lipinski definition) is 8. The lowest BCUT2D eigenvalue weighted by Gasteiger charge is -2.36. The molecule has 8 heteroatoms. The first-order chi connectivity index (χ1) is 19.9. The van der Waals surface area contributed by atoms with Crippen LogP contribution < -0.4 is 14.2 Å². The number of phenolic OH excluding ortho intramolecular Hbond substituents is 1. The number of benzene rings is 3. The number of ether oxygens (including phenoxy) is 4. The Morgan fingerprint density at radius 2 is 1.68 bits per heavy atom. The lowest BCUT2D eigenvalue weighted by Crippen LogP contribution is -2.38. The molecule has 3 aromatic carbocycles. The maximum atomic E-state index is 13.8. The highest BCUT2D eigenvalue weighted by atomic mass is 16.6. The summed E-state index contributed by atoms with van der Waals surface area (Å²) in [6.07, 6.45) is 0.779.